The third kappa shape index (κ3) is 18.6. The van der Waals surface area contributed by atoms with E-state index in [2.05, 4.69) is 13.0 Å². The fraction of sp³-hybridized carbons (Fsp3) is 0.700. The predicted octanol–water partition coefficient (Wildman–Crippen LogP) is 5.84. The average Bonchev–Trinajstić information content (AvgIpc) is 2.52. The fourth-order valence-electron chi connectivity index (χ4n) is 2.39. The summed E-state index contributed by atoms with van der Waals surface area (Å²) in [5, 5.41) is 8.52. The van der Waals surface area contributed by atoms with Crippen LogP contribution in [0.3, 0.4) is 0 Å². The zero-order valence-electron chi connectivity index (χ0n) is 14.8. The van der Waals surface area contributed by atoms with Crippen LogP contribution in [0.2, 0.25) is 0 Å². The van der Waals surface area contributed by atoms with E-state index in [1.165, 1.54) is 32.1 Å². The van der Waals surface area contributed by atoms with Crippen molar-refractivity contribution in [2.24, 2.45) is 0 Å². The molecule has 132 valence electrons. The van der Waals surface area contributed by atoms with Gasteiger partial charge in [0.15, 0.2) is 5.78 Å². The first kappa shape index (κ1) is 21.6. The molecule has 0 saturated carbocycles. The SMILES string of the molecule is CCCCCCCC=CC=CC(=O)CCCCCCCC(=O)O. The topological polar surface area (TPSA) is 54.4 Å². The highest BCUT2D eigenvalue weighted by Crippen LogP contribution is 2.08. The minimum atomic E-state index is -0.723. The van der Waals surface area contributed by atoms with Crippen LogP contribution in [0.4, 0.5) is 0 Å². The Morgan fingerprint density at radius 1 is 0.783 bits per heavy atom. The maximum atomic E-state index is 11.6. The van der Waals surface area contributed by atoms with Crippen LogP contribution in [-0.4, -0.2) is 16.9 Å². The van der Waals surface area contributed by atoms with Crippen molar-refractivity contribution < 1.29 is 14.7 Å². The molecule has 0 heterocycles. The molecule has 1 N–H and O–H groups in total. The Hall–Kier alpha value is -1.38. The summed E-state index contributed by atoms with van der Waals surface area (Å²) in [6, 6.07) is 0. The molecule has 0 bridgehead atoms. The van der Waals surface area contributed by atoms with Gasteiger partial charge in [-0.25, -0.2) is 0 Å². The van der Waals surface area contributed by atoms with Crippen molar-refractivity contribution in [1.82, 2.24) is 0 Å². The van der Waals surface area contributed by atoms with Gasteiger partial charge in [-0.2, -0.15) is 0 Å². The Bertz CT molecular complexity index is 356. The lowest BCUT2D eigenvalue weighted by atomic mass is 10.1. The number of allylic oxidation sites excluding steroid dienone is 4. The summed E-state index contributed by atoms with van der Waals surface area (Å²) in [6.45, 7) is 2.22. The lowest BCUT2D eigenvalue weighted by molar-refractivity contribution is -0.137. The summed E-state index contributed by atoms with van der Waals surface area (Å²) >= 11 is 0. The van der Waals surface area contributed by atoms with Gasteiger partial charge in [0.2, 0.25) is 0 Å². The van der Waals surface area contributed by atoms with E-state index in [9.17, 15) is 9.59 Å². The normalized spacial score (nSPS) is 11.5. The molecule has 0 aliphatic rings. The minimum absolute atomic E-state index is 0.183. The first-order valence-corrected chi connectivity index (χ1v) is 9.24. The van der Waals surface area contributed by atoms with Crippen LogP contribution < -0.4 is 0 Å². The predicted molar refractivity (Wildman–Crippen MR) is 96.6 cm³/mol. The van der Waals surface area contributed by atoms with Gasteiger partial charge in [-0.15, -0.1) is 0 Å². The zero-order chi connectivity index (χ0) is 17.2. The summed E-state index contributed by atoms with van der Waals surface area (Å²) < 4.78 is 0. The number of carboxylic acids is 1. The van der Waals surface area contributed by atoms with Crippen LogP contribution in [0, 0.1) is 0 Å². The zero-order valence-corrected chi connectivity index (χ0v) is 14.8. The molecule has 0 aromatic rings. The smallest absolute Gasteiger partial charge is 0.303 e. The molecule has 0 spiro atoms. The molecule has 0 unspecified atom stereocenters. The van der Waals surface area contributed by atoms with Crippen molar-refractivity contribution in [2.75, 3.05) is 0 Å². The van der Waals surface area contributed by atoms with Gasteiger partial charge in [0.25, 0.3) is 0 Å². The number of hydrogen-bond donors (Lipinski definition) is 1. The van der Waals surface area contributed by atoms with Gasteiger partial charge in [-0.05, 0) is 31.8 Å². The number of ketones is 1. The minimum Gasteiger partial charge on any atom is -0.481 e. The van der Waals surface area contributed by atoms with E-state index < -0.39 is 5.97 Å². The van der Waals surface area contributed by atoms with E-state index in [0.29, 0.717) is 6.42 Å². The first-order valence-electron chi connectivity index (χ1n) is 9.24. The van der Waals surface area contributed by atoms with Gasteiger partial charge in [-0.1, -0.05) is 70.1 Å². The average molecular weight is 322 g/mol. The Labute approximate surface area is 141 Å². The Morgan fingerprint density at radius 3 is 2.09 bits per heavy atom. The van der Waals surface area contributed by atoms with Crippen molar-refractivity contribution in [3.05, 3.63) is 24.3 Å². The van der Waals surface area contributed by atoms with Crippen molar-refractivity contribution in [2.45, 2.75) is 90.4 Å². The lowest BCUT2D eigenvalue weighted by Gasteiger charge is -1.98. The standard InChI is InChI=1S/C20H34O3/c1-2-3-4-5-6-7-8-10-13-16-19(21)17-14-11-9-12-15-18-20(22)23/h8,10,13,16H,2-7,9,11-12,14-15,17-18H2,1H3,(H,22,23). The highest BCUT2D eigenvalue weighted by atomic mass is 16.4. The van der Waals surface area contributed by atoms with Gasteiger partial charge in [0, 0.05) is 12.8 Å². The molecule has 3 heteroatoms. The molecule has 0 amide bonds. The van der Waals surface area contributed by atoms with Crippen molar-refractivity contribution in [1.29, 1.82) is 0 Å². The number of carboxylic acid groups (broad SMARTS) is 1. The molecule has 0 aliphatic carbocycles. The molecule has 0 aliphatic heterocycles. The van der Waals surface area contributed by atoms with Crippen LogP contribution in [-0.2, 0) is 9.59 Å². The second kappa shape index (κ2) is 17.0. The largest absolute Gasteiger partial charge is 0.481 e. The van der Waals surface area contributed by atoms with Crippen molar-refractivity contribution >= 4 is 11.8 Å². The molecule has 0 saturated heterocycles. The summed E-state index contributed by atoms with van der Waals surface area (Å²) in [4.78, 5) is 22.0. The summed E-state index contributed by atoms with van der Waals surface area (Å²) in [7, 11) is 0. The molecule has 0 aromatic heterocycles. The molecule has 0 atom stereocenters. The van der Waals surface area contributed by atoms with Crippen LogP contribution in [0.25, 0.3) is 0 Å². The molecule has 0 aromatic carbocycles. The number of aliphatic carboxylic acids is 1. The Balaban J connectivity index is 3.42. The Kier molecular flexibility index (Phi) is 16.0. The van der Waals surface area contributed by atoms with Gasteiger partial charge >= 0.3 is 5.97 Å². The number of carbonyl (C=O) groups is 2. The lowest BCUT2D eigenvalue weighted by Crippen LogP contribution is -1.94. The van der Waals surface area contributed by atoms with Crippen molar-refractivity contribution in [3.63, 3.8) is 0 Å². The highest BCUT2D eigenvalue weighted by Gasteiger charge is 1.98. The second-order valence-corrected chi connectivity index (χ2v) is 6.12. The maximum absolute atomic E-state index is 11.6. The number of rotatable bonds is 16. The summed E-state index contributed by atoms with van der Waals surface area (Å²) in [5.41, 5.74) is 0. The third-order valence-electron chi connectivity index (χ3n) is 3.82. The molecular weight excluding hydrogens is 288 g/mol. The molecule has 3 nitrogen and oxygen atoms in total. The summed E-state index contributed by atoms with van der Waals surface area (Å²) in [6.07, 6.45) is 20.7. The van der Waals surface area contributed by atoms with Crippen LogP contribution in [0.1, 0.15) is 90.4 Å². The first-order chi connectivity index (χ1) is 11.2. The quantitative estimate of drug-likeness (QED) is 0.220. The van der Waals surface area contributed by atoms with Gasteiger partial charge in [0.1, 0.15) is 0 Å². The number of carbonyl (C=O) groups excluding carboxylic acids is 1. The maximum Gasteiger partial charge on any atom is 0.303 e. The van der Waals surface area contributed by atoms with E-state index in [1.807, 2.05) is 12.2 Å². The molecule has 0 fully saturated rings. The van der Waals surface area contributed by atoms with E-state index in [-0.39, 0.29) is 12.2 Å². The van der Waals surface area contributed by atoms with E-state index in [0.717, 1.165) is 38.5 Å². The van der Waals surface area contributed by atoms with Gasteiger partial charge in [0.05, 0.1) is 0 Å². The van der Waals surface area contributed by atoms with Crippen molar-refractivity contribution in [3.8, 4) is 0 Å². The van der Waals surface area contributed by atoms with Crippen LogP contribution in [0.15, 0.2) is 24.3 Å². The number of hydrogen-bond acceptors (Lipinski definition) is 2. The monoisotopic (exact) mass is 322 g/mol. The van der Waals surface area contributed by atoms with Gasteiger partial charge < -0.3 is 5.11 Å². The summed E-state index contributed by atoms with van der Waals surface area (Å²) in [5.74, 6) is -0.539. The van der Waals surface area contributed by atoms with Crippen LogP contribution in [0.5, 0.6) is 0 Å². The highest BCUT2D eigenvalue weighted by molar-refractivity contribution is 5.89. The fourth-order valence-corrected chi connectivity index (χ4v) is 2.39. The second-order valence-electron chi connectivity index (χ2n) is 6.12. The molecule has 0 rings (SSSR count). The van der Waals surface area contributed by atoms with Crippen LogP contribution >= 0.6 is 0 Å². The molecule has 23 heavy (non-hydrogen) atoms. The van der Waals surface area contributed by atoms with Gasteiger partial charge in [-0.3, -0.25) is 9.59 Å². The number of unbranched alkanes of at least 4 members (excludes halogenated alkanes) is 9. The van der Waals surface area contributed by atoms with E-state index in [4.69, 9.17) is 5.11 Å². The molecular formula is C20H34O3. The Morgan fingerprint density at radius 2 is 1.39 bits per heavy atom. The third-order valence-corrected chi connectivity index (χ3v) is 3.82. The molecule has 0 radical (unpaired) electrons. The van der Waals surface area contributed by atoms with E-state index in [1.54, 1.807) is 6.08 Å². The van der Waals surface area contributed by atoms with E-state index >= 15 is 0 Å².